The summed E-state index contributed by atoms with van der Waals surface area (Å²) in [4.78, 5) is 7.42. The molecule has 0 unspecified atom stereocenters. The van der Waals surface area contributed by atoms with Gasteiger partial charge in [-0.3, -0.25) is 0 Å². The monoisotopic (exact) mass is 312 g/mol. The van der Waals surface area contributed by atoms with Crippen molar-refractivity contribution in [1.82, 2.24) is 19.6 Å². The molecule has 108 valence electrons. The van der Waals surface area contributed by atoms with Gasteiger partial charge in [0.15, 0.2) is 0 Å². The molecule has 0 bridgehead atoms. The number of nitrogens with zero attached hydrogens (tertiary/aromatic N) is 4. The van der Waals surface area contributed by atoms with Crippen LogP contribution >= 0.6 is 11.6 Å². The summed E-state index contributed by atoms with van der Waals surface area (Å²) in [6.07, 6.45) is -4.61. The predicted molar refractivity (Wildman–Crippen MR) is 71.0 cm³/mol. The fourth-order valence-electron chi connectivity index (χ4n) is 1.93. The van der Waals surface area contributed by atoms with E-state index < -0.39 is 12.0 Å². The fraction of sp³-hybridized carbons (Fsp3) is 0.154. The molecule has 3 aromatic rings. The van der Waals surface area contributed by atoms with Crippen LogP contribution in [0.5, 0.6) is 0 Å². The van der Waals surface area contributed by atoms with Crippen molar-refractivity contribution in [2.45, 2.75) is 13.1 Å². The first-order chi connectivity index (χ1) is 9.84. The standard InChI is InChI=1S/C13H8ClF3N4/c1-7-6-10(8-2-4-9(14)5-3-8)21-12(18-7)19-11(20-21)13(15,16)17/h2-6H,1H3. The van der Waals surface area contributed by atoms with Crippen LogP contribution in [0.15, 0.2) is 30.3 Å². The lowest BCUT2D eigenvalue weighted by molar-refractivity contribution is -0.144. The molecule has 0 spiro atoms. The smallest absolute Gasteiger partial charge is 0.216 e. The summed E-state index contributed by atoms with van der Waals surface area (Å²) in [5.74, 6) is -1.30. The van der Waals surface area contributed by atoms with Crippen LogP contribution in [0.1, 0.15) is 11.5 Å². The Balaban J connectivity index is 2.26. The number of alkyl halides is 3. The molecule has 0 radical (unpaired) electrons. The number of aromatic nitrogens is 4. The number of fused-ring (bicyclic) bond motifs is 1. The van der Waals surface area contributed by atoms with Crippen LogP contribution in [0.4, 0.5) is 13.2 Å². The van der Waals surface area contributed by atoms with Gasteiger partial charge >= 0.3 is 6.18 Å². The quantitative estimate of drug-likeness (QED) is 0.687. The number of benzene rings is 1. The van der Waals surface area contributed by atoms with E-state index in [1.165, 1.54) is 0 Å². The molecule has 0 saturated heterocycles. The second kappa shape index (κ2) is 4.70. The molecule has 0 N–H and O–H groups in total. The molecule has 0 saturated carbocycles. The van der Waals surface area contributed by atoms with Crippen LogP contribution in [0, 0.1) is 6.92 Å². The van der Waals surface area contributed by atoms with Crippen molar-refractivity contribution in [2.75, 3.05) is 0 Å². The molecule has 0 atom stereocenters. The highest BCUT2D eigenvalue weighted by atomic mass is 35.5. The van der Waals surface area contributed by atoms with Crippen molar-refractivity contribution in [3.05, 3.63) is 46.9 Å². The number of hydrogen-bond donors (Lipinski definition) is 0. The summed E-state index contributed by atoms with van der Waals surface area (Å²) in [6.45, 7) is 1.68. The van der Waals surface area contributed by atoms with Gasteiger partial charge in [-0.2, -0.15) is 22.7 Å². The topological polar surface area (TPSA) is 43.1 Å². The highest BCUT2D eigenvalue weighted by Crippen LogP contribution is 2.28. The molecule has 21 heavy (non-hydrogen) atoms. The highest BCUT2D eigenvalue weighted by molar-refractivity contribution is 6.30. The van der Waals surface area contributed by atoms with E-state index in [-0.39, 0.29) is 5.78 Å². The zero-order valence-corrected chi connectivity index (χ0v) is 11.4. The molecule has 4 nitrogen and oxygen atoms in total. The van der Waals surface area contributed by atoms with E-state index in [4.69, 9.17) is 11.6 Å². The van der Waals surface area contributed by atoms with Crippen molar-refractivity contribution < 1.29 is 13.2 Å². The van der Waals surface area contributed by atoms with Gasteiger partial charge in [0, 0.05) is 16.3 Å². The zero-order valence-electron chi connectivity index (χ0n) is 10.7. The lowest BCUT2D eigenvalue weighted by atomic mass is 10.1. The third-order valence-electron chi connectivity index (χ3n) is 2.83. The second-order valence-corrected chi connectivity index (χ2v) is 4.87. The average Bonchev–Trinajstić information content (AvgIpc) is 2.82. The number of hydrogen-bond acceptors (Lipinski definition) is 3. The molecule has 2 aromatic heterocycles. The predicted octanol–water partition coefficient (Wildman–Crippen LogP) is 3.77. The molecule has 2 heterocycles. The van der Waals surface area contributed by atoms with Gasteiger partial charge in [0.05, 0.1) is 5.69 Å². The van der Waals surface area contributed by atoms with Gasteiger partial charge < -0.3 is 0 Å². The van der Waals surface area contributed by atoms with Gasteiger partial charge in [-0.15, -0.1) is 5.10 Å². The van der Waals surface area contributed by atoms with Gasteiger partial charge in [-0.1, -0.05) is 23.7 Å². The molecule has 0 fully saturated rings. The van der Waals surface area contributed by atoms with Crippen LogP contribution in [0.2, 0.25) is 5.02 Å². The van der Waals surface area contributed by atoms with E-state index in [2.05, 4.69) is 15.1 Å². The summed E-state index contributed by atoms with van der Waals surface area (Å²) in [6, 6.07) is 8.35. The molecular formula is C13H8ClF3N4. The van der Waals surface area contributed by atoms with Gasteiger partial charge in [0.1, 0.15) is 0 Å². The third kappa shape index (κ3) is 2.56. The molecule has 1 aromatic carbocycles. The Kier molecular flexibility index (Phi) is 3.09. The van der Waals surface area contributed by atoms with E-state index in [9.17, 15) is 13.2 Å². The SMILES string of the molecule is Cc1cc(-c2ccc(Cl)cc2)n2nc(C(F)(F)F)nc2n1. The lowest BCUT2D eigenvalue weighted by Crippen LogP contribution is -2.07. The lowest BCUT2D eigenvalue weighted by Gasteiger charge is -2.05. The average molecular weight is 313 g/mol. The van der Waals surface area contributed by atoms with Crippen molar-refractivity contribution in [1.29, 1.82) is 0 Å². The van der Waals surface area contributed by atoms with Gasteiger partial charge in [0.2, 0.25) is 0 Å². The van der Waals surface area contributed by atoms with Crippen LogP contribution in [-0.2, 0) is 6.18 Å². The maximum atomic E-state index is 12.7. The first-order valence-corrected chi connectivity index (χ1v) is 6.30. The van der Waals surface area contributed by atoms with Gasteiger partial charge in [-0.25, -0.2) is 4.98 Å². The van der Waals surface area contributed by atoms with Crippen molar-refractivity contribution in [3.8, 4) is 11.3 Å². The van der Waals surface area contributed by atoms with Gasteiger partial charge in [-0.05, 0) is 25.1 Å². The van der Waals surface area contributed by atoms with Crippen LogP contribution in [-0.4, -0.2) is 19.6 Å². The highest BCUT2D eigenvalue weighted by Gasteiger charge is 2.36. The second-order valence-electron chi connectivity index (χ2n) is 4.43. The zero-order chi connectivity index (χ0) is 15.2. The van der Waals surface area contributed by atoms with E-state index in [0.29, 0.717) is 22.0 Å². The van der Waals surface area contributed by atoms with Crippen molar-refractivity contribution in [2.24, 2.45) is 0 Å². The first-order valence-electron chi connectivity index (χ1n) is 5.92. The Labute approximate surface area is 122 Å². The molecule has 8 heteroatoms. The summed E-state index contributed by atoms with van der Waals surface area (Å²) in [5, 5.41) is 4.05. The first kappa shape index (κ1) is 13.8. The Hall–Kier alpha value is -2.15. The molecular weight excluding hydrogens is 305 g/mol. The van der Waals surface area contributed by atoms with Crippen LogP contribution in [0.3, 0.4) is 0 Å². The molecule has 0 amide bonds. The van der Waals surface area contributed by atoms with Gasteiger partial charge in [0.25, 0.3) is 11.6 Å². The molecule has 0 aliphatic rings. The van der Waals surface area contributed by atoms with Crippen molar-refractivity contribution >= 4 is 17.4 Å². The Bertz CT molecular complexity index is 809. The summed E-state index contributed by atoms with van der Waals surface area (Å²) in [7, 11) is 0. The Morgan fingerprint density at radius 1 is 1.10 bits per heavy atom. The number of aryl methyl sites for hydroxylation is 1. The minimum Gasteiger partial charge on any atom is -0.216 e. The van der Waals surface area contributed by atoms with E-state index in [1.54, 1.807) is 37.3 Å². The maximum absolute atomic E-state index is 12.7. The molecule has 0 aliphatic carbocycles. The summed E-state index contributed by atoms with van der Waals surface area (Å²) >= 11 is 5.82. The number of rotatable bonds is 1. The van der Waals surface area contributed by atoms with E-state index in [1.807, 2.05) is 0 Å². The van der Waals surface area contributed by atoms with Crippen LogP contribution < -0.4 is 0 Å². The summed E-state index contributed by atoms with van der Waals surface area (Å²) in [5.41, 5.74) is 1.69. The minimum absolute atomic E-state index is 0.0905. The maximum Gasteiger partial charge on any atom is 0.453 e. The van der Waals surface area contributed by atoms with Crippen LogP contribution in [0.25, 0.3) is 17.0 Å². The van der Waals surface area contributed by atoms with Crippen molar-refractivity contribution in [3.63, 3.8) is 0 Å². The fourth-order valence-corrected chi connectivity index (χ4v) is 2.06. The Morgan fingerprint density at radius 2 is 1.76 bits per heavy atom. The normalized spacial score (nSPS) is 12.0. The number of halogens is 4. The minimum atomic E-state index is -4.61. The molecule has 0 aliphatic heterocycles. The molecule has 3 rings (SSSR count). The third-order valence-corrected chi connectivity index (χ3v) is 3.09. The Morgan fingerprint density at radius 3 is 2.38 bits per heavy atom. The van der Waals surface area contributed by atoms with E-state index in [0.717, 1.165) is 4.52 Å². The van der Waals surface area contributed by atoms with E-state index >= 15 is 0 Å². The summed E-state index contributed by atoms with van der Waals surface area (Å²) < 4.78 is 39.3. The largest absolute Gasteiger partial charge is 0.453 e.